The van der Waals surface area contributed by atoms with Crippen molar-refractivity contribution >= 4 is 33.1 Å². The number of ketones is 1. The van der Waals surface area contributed by atoms with Crippen molar-refractivity contribution in [2.45, 2.75) is 25.7 Å². The van der Waals surface area contributed by atoms with Crippen LogP contribution < -0.4 is 10.0 Å². The molecule has 7 nitrogen and oxygen atoms in total. The standard InChI is InChI=1S/C20H20N4O3S/c1-13-7-8-14(2)18(11-13)28(26,27)24-20-10-9-19(22-23-20)21-17-6-4-5-16(12-17)15(3)25/h4-12H,1-3H3,(H,21,22)(H,23,24). The summed E-state index contributed by atoms with van der Waals surface area (Å²) in [7, 11) is -3.76. The number of aryl methyl sites for hydroxylation is 2. The fourth-order valence-corrected chi connectivity index (χ4v) is 3.93. The van der Waals surface area contributed by atoms with E-state index in [4.69, 9.17) is 0 Å². The molecule has 0 atom stereocenters. The van der Waals surface area contributed by atoms with E-state index >= 15 is 0 Å². The van der Waals surface area contributed by atoms with Gasteiger partial charge in [-0.05, 0) is 62.2 Å². The molecular weight excluding hydrogens is 376 g/mol. The van der Waals surface area contributed by atoms with E-state index in [1.807, 2.05) is 13.0 Å². The second-order valence-electron chi connectivity index (χ2n) is 6.44. The molecule has 0 aliphatic rings. The smallest absolute Gasteiger partial charge is 0.263 e. The van der Waals surface area contributed by atoms with Crippen LogP contribution >= 0.6 is 0 Å². The first-order chi connectivity index (χ1) is 13.2. The van der Waals surface area contributed by atoms with Gasteiger partial charge in [-0.25, -0.2) is 8.42 Å². The molecule has 0 unspecified atom stereocenters. The number of hydrogen-bond donors (Lipinski definition) is 2. The Morgan fingerprint density at radius 2 is 1.64 bits per heavy atom. The lowest BCUT2D eigenvalue weighted by Gasteiger charge is -2.11. The maximum atomic E-state index is 12.6. The van der Waals surface area contributed by atoms with Crippen molar-refractivity contribution in [3.05, 3.63) is 71.3 Å². The zero-order chi connectivity index (χ0) is 20.3. The molecule has 0 aliphatic heterocycles. The molecule has 0 saturated carbocycles. The van der Waals surface area contributed by atoms with Crippen molar-refractivity contribution in [2.24, 2.45) is 0 Å². The number of rotatable bonds is 6. The van der Waals surface area contributed by atoms with Gasteiger partial charge in [0.25, 0.3) is 10.0 Å². The minimum Gasteiger partial charge on any atom is -0.339 e. The highest BCUT2D eigenvalue weighted by Crippen LogP contribution is 2.21. The summed E-state index contributed by atoms with van der Waals surface area (Å²) in [5.41, 5.74) is 2.76. The van der Waals surface area contributed by atoms with Crippen LogP contribution in [0.2, 0.25) is 0 Å². The predicted molar refractivity (Wildman–Crippen MR) is 108 cm³/mol. The first-order valence-corrected chi connectivity index (χ1v) is 10.0. The summed E-state index contributed by atoms with van der Waals surface area (Å²) in [6, 6.07) is 15.4. The van der Waals surface area contributed by atoms with Crippen LogP contribution in [0.3, 0.4) is 0 Å². The minimum absolute atomic E-state index is 0.0362. The number of sulfonamides is 1. The van der Waals surface area contributed by atoms with Crippen LogP contribution in [0.5, 0.6) is 0 Å². The topological polar surface area (TPSA) is 101 Å². The van der Waals surface area contributed by atoms with Gasteiger partial charge < -0.3 is 5.32 Å². The number of hydrogen-bond acceptors (Lipinski definition) is 6. The van der Waals surface area contributed by atoms with Crippen LogP contribution in [0.4, 0.5) is 17.3 Å². The van der Waals surface area contributed by atoms with E-state index in [9.17, 15) is 13.2 Å². The highest BCUT2D eigenvalue weighted by Gasteiger charge is 2.18. The van der Waals surface area contributed by atoms with Crippen molar-refractivity contribution in [3.63, 3.8) is 0 Å². The van der Waals surface area contributed by atoms with Crippen molar-refractivity contribution in [2.75, 3.05) is 10.0 Å². The third-order valence-corrected chi connectivity index (χ3v) is 5.57. The molecule has 0 spiro atoms. The van der Waals surface area contributed by atoms with Crippen LogP contribution in [-0.2, 0) is 10.0 Å². The first kappa shape index (κ1) is 19.5. The van der Waals surface area contributed by atoms with Crippen LogP contribution in [0.15, 0.2) is 59.5 Å². The van der Waals surface area contributed by atoms with Gasteiger partial charge in [0.05, 0.1) is 4.90 Å². The molecular formula is C20H20N4O3S. The summed E-state index contributed by atoms with van der Waals surface area (Å²) in [5.74, 6) is 0.505. The van der Waals surface area contributed by atoms with Crippen molar-refractivity contribution in [1.29, 1.82) is 0 Å². The Hall–Kier alpha value is -3.26. The van der Waals surface area contributed by atoms with Crippen LogP contribution in [0.25, 0.3) is 0 Å². The van der Waals surface area contributed by atoms with Gasteiger partial charge in [0.2, 0.25) is 0 Å². The molecule has 28 heavy (non-hydrogen) atoms. The molecule has 1 heterocycles. The molecule has 3 rings (SSSR count). The molecule has 1 aromatic heterocycles. The third-order valence-electron chi connectivity index (χ3n) is 4.08. The average Bonchev–Trinajstić information content (AvgIpc) is 2.65. The van der Waals surface area contributed by atoms with Gasteiger partial charge in [0.1, 0.15) is 0 Å². The predicted octanol–water partition coefficient (Wildman–Crippen LogP) is 3.84. The van der Waals surface area contributed by atoms with Gasteiger partial charge in [-0.1, -0.05) is 24.3 Å². The third kappa shape index (κ3) is 4.52. The number of nitrogens with zero attached hydrogens (tertiary/aromatic N) is 2. The largest absolute Gasteiger partial charge is 0.339 e. The summed E-state index contributed by atoms with van der Waals surface area (Å²) in [6.45, 7) is 5.07. The Morgan fingerprint density at radius 1 is 0.929 bits per heavy atom. The van der Waals surface area contributed by atoms with E-state index in [1.54, 1.807) is 49.4 Å². The van der Waals surface area contributed by atoms with Crippen LogP contribution in [0.1, 0.15) is 28.4 Å². The number of aromatic nitrogens is 2. The molecule has 2 aromatic carbocycles. The summed E-state index contributed by atoms with van der Waals surface area (Å²) in [5, 5.41) is 11.0. The molecule has 3 aromatic rings. The highest BCUT2D eigenvalue weighted by atomic mass is 32.2. The zero-order valence-corrected chi connectivity index (χ0v) is 16.5. The lowest BCUT2D eigenvalue weighted by molar-refractivity contribution is 0.101. The first-order valence-electron chi connectivity index (χ1n) is 8.56. The molecule has 0 amide bonds. The normalized spacial score (nSPS) is 11.1. The second kappa shape index (κ2) is 7.77. The Bertz CT molecular complexity index is 1130. The molecule has 0 fully saturated rings. The summed E-state index contributed by atoms with van der Waals surface area (Å²) < 4.78 is 27.7. The Morgan fingerprint density at radius 3 is 2.32 bits per heavy atom. The molecule has 144 valence electrons. The number of Topliss-reactive ketones (excluding diaryl/α,β-unsaturated/α-hetero) is 1. The summed E-state index contributed by atoms with van der Waals surface area (Å²) in [4.78, 5) is 11.7. The van der Waals surface area contributed by atoms with Crippen molar-refractivity contribution in [1.82, 2.24) is 10.2 Å². The summed E-state index contributed by atoms with van der Waals surface area (Å²) >= 11 is 0. The van der Waals surface area contributed by atoms with Gasteiger partial charge in [0, 0.05) is 11.3 Å². The van der Waals surface area contributed by atoms with E-state index in [0.717, 1.165) is 5.56 Å². The van der Waals surface area contributed by atoms with Gasteiger partial charge in [-0.3, -0.25) is 9.52 Å². The lowest BCUT2D eigenvalue weighted by Crippen LogP contribution is -2.15. The number of anilines is 3. The average molecular weight is 396 g/mol. The number of benzene rings is 2. The van der Waals surface area contributed by atoms with Gasteiger partial charge in [-0.15, -0.1) is 10.2 Å². The van der Waals surface area contributed by atoms with E-state index in [-0.39, 0.29) is 16.5 Å². The molecule has 0 aliphatic carbocycles. The molecule has 0 saturated heterocycles. The zero-order valence-electron chi connectivity index (χ0n) is 15.7. The maximum absolute atomic E-state index is 12.6. The number of nitrogens with one attached hydrogen (secondary N) is 2. The van der Waals surface area contributed by atoms with E-state index in [2.05, 4.69) is 20.2 Å². The Labute approximate surface area is 163 Å². The van der Waals surface area contributed by atoms with Crippen LogP contribution in [0, 0.1) is 13.8 Å². The van der Waals surface area contributed by atoms with Crippen molar-refractivity contribution < 1.29 is 13.2 Å². The fraction of sp³-hybridized carbons (Fsp3) is 0.150. The SMILES string of the molecule is CC(=O)c1cccc(Nc2ccc(NS(=O)(=O)c3cc(C)ccc3C)nn2)c1. The monoisotopic (exact) mass is 396 g/mol. The summed E-state index contributed by atoms with van der Waals surface area (Å²) in [6.07, 6.45) is 0. The molecule has 2 N–H and O–H groups in total. The quantitative estimate of drug-likeness (QED) is 0.614. The second-order valence-corrected chi connectivity index (χ2v) is 8.09. The Balaban J connectivity index is 1.76. The lowest BCUT2D eigenvalue weighted by atomic mass is 10.1. The van der Waals surface area contributed by atoms with E-state index in [1.165, 1.54) is 13.0 Å². The molecule has 0 bridgehead atoms. The van der Waals surface area contributed by atoms with Crippen LogP contribution in [-0.4, -0.2) is 24.4 Å². The maximum Gasteiger partial charge on any atom is 0.263 e. The van der Waals surface area contributed by atoms with Crippen molar-refractivity contribution in [3.8, 4) is 0 Å². The van der Waals surface area contributed by atoms with Gasteiger partial charge >= 0.3 is 0 Å². The van der Waals surface area contributed by atoms with E-state index in [0.29, 0.717) is 22.6 Å². The number of carbonyl (C=O) groups is 1. The molecule has 8 heteroatoms. The minimum atomic E-state index is -3.76. The fourth-order valence-electron chi connectivity index (χ4n) is 2.61. The number of carbonyl (C=O) groups excluding carboxylic acids is 1. The van der Waals surface area contributed by atoms with Gasteiger partial charge in [0.15, 0.2) is 17.4 Å². The molecule has 0 radical (unpaired) electrons. The van der Waals surface area contributed by atoms with Gasteiger partial charge in [-0.2, -0.15) is 0 Å². The highest BCUT2D eigenvalue weighted by molar-refractivity contribution is 7.92. The van der Waals surface area contributed by atoms with E-state index < -0.39 is 10.0 Å². The Kier molecular flexibility index (Phi) is 5.41.